The zero-order chi connectivity index (χ0) is 17.2. The van der Waals surface area contributed by atoms with E-state index in [1.165, 1.54) is 11.3 Å². The Kier molecular flexibility index (Phi) is 4.53. The Labute approximate surface area is 143 Å². The van der Waals surface area contributed by atoms with Crippen molar-refractivity contribution in [2.45, 2.75) is 31.7 Å². The Morgan fingerprint density at radius 3 is 2.62 bits per heavy atom. The average Bonchev–Trinajstić information content (AvgIpc) is 3.20. The first kappa shape index (κ1) is 16.4. The molecule has 2 N–H and O–H groups in total. The minimum absolute atomic E-state index is 0.244. The highest BCUT2D eigenvalue weighted by Crippen LogP contribution is 2.36. The summed E-state index contributed by atoms with van der Waals surface area (Å²) in [5.41, 5.74) is 0.0372. The fraction of sp³-hybridized carbons (Fsp3) is 0.353. The Bertz CT molecular complexity index is 750. The number of ether oxygens (including phenoxy) is 1. The molecule has 7 heteroatoms. The number of hydrogen-bond donors (Lipinski definition) is 2. The highest BCUT2D eigenvalue weighted by atomic mass is 32.1. The number of carboxylic acids is 1. The van der Waals surface area contributed by atoms with Crippen LogP contribution in [0.4, 0.5) is 0 Å². The summed E-state index contributed by atoms with van der Waals surface area (Å²) in [5.74, 6) is -0.637. The summed E-state index contributed by atoms with van der Waals surface area (Å²) in [4.78, 5) is 27.6. The molecule has 2 aromatic rings. The molecule has 126 valence electrons. The average molecular weight is 346 g/mol. The molecule has 1 aromatic heterocycles. The molecule has 1 saturated carbocycles. The monoisotopic (exact) mass is 346 g/mol. The van der Waals surface area contributed by atoms with Gasteiger partial charge in [-0.3, -0.25) is 4.79 Å². The highest BCUT2D eigenvalue weighted by molar-refractivity contribution is 7.13. The van der Waals surface area contributed by atoms with Crippen molar-refractivity contribution >= 4 is 23.2 Å². The van der Waals surface area contributed by atoms with Gasteiger partial charge in [0.15, 0.2) is 0 Å². The van der Waals surface area contributed by atoms with Crippen molar-refractivity contribution < 1.29 is 19.4 Å². The molecule has 3 rings (SSSR count). The van der Waals surface area contributed by atoms with Crippen molar-refractivity contribution in [3.05, 3.63) is 35.3 Å². The number of carbonyl (C=O) groups is 2. The topological polar surface area (TPSA) is 88.5 Å². The van der Waals surface area contributed by atoms with Gasteiger partial charge >= 0.3 is 5.97 Å². The molecule has 0 saturated heterocycles. The number of rotatable bonds is 7. The maximum atomic E-state index is 12.2. The van der Waals surface area contributed by atoms with E-state index in [1.54, 1.807) is 5.38 Å². The second-order valence-electron chi connectivity index (χ2n) is 5.75. The fourth-order valence-corrected chi connectivity index (χ4v) is 3.03. The molecular weight excluding hydrogens is 328 g/mol. The normalized spacial score (nSPS) is 14.9. The van der Waals surface area contributed by atoms with Crippen LogP contribution < -0.4 is 10.1 Å². The summed E-state index contributed by atoms with van der Waals surface area (Å²) in [7, 11) is 0. The van der Waals surface area contributed by atoms with E-state index in [1.807, 2.05) is 31.2 Å². The Morgan fingerprint density at radius 1 is 1.33 bits per heavy atom. The van der Waals surface area contributed by atoms with Crippen LogP contribution in [0.5, 0.6) is 5.75 Å². The summed E-state index contributed by atoms with van der Waals surface area (Å²) < 4.78 is 5.54. The molecular formula is C17H18N2O4S. The van der Waals surface area contributed by atoms with Crippen LogP contribution in [0.2, 0.25) is 0 Å². The first-order valence-electron chi connectivity index (χ1n) is 7.79. The molecule has 1 heterocycles. The van der Waals surface area contributed by atoms with Crippen LogP contribution in [0, 0.1) is 0 Å². The van der Waals surface area contributed by atoms with Crippen LogP contribution in [0.1, 0.15) is 36.7 Å². The standard InChI is InChI=1S/C17H18N2O4S/c1-2-9-23-12-5-3-11(4-6-12)15-18-13(10-24-15)14(20)19-17(7-8-17)16(21)22/h3-6,10H,2,7-9H2,1H3,(H,19,20)(H,21,22). The predicted octanol–water partition coefficient (Wildman–Crippen LogP) is 2.95. The Balaban J connectivity index is 1.69. The summed E-state index contributed by atoms with van der Waals surface area (Å²) in [5, 5.41) is 14.0. The van der Waals surface area contributed by atoms with Crippen LogP contribution in [0.15, 0.2) is 29.6 Å². The first-order chi connectivity index (χ1) is 11.5. The van der Waals surface area contributed by atoms with Crippen molar-refractivity contribution in [2.75, 3.05) is 6.61 Å². The number of aliphatic carboxylic acids is 1. The fourth-order valence-electron chi connectivity index (χ4n) is 2.22. The second kappa shape index (κ2) is 6.60. The van der Waals surface area contributed by atoms with E-state index in [4.69, 9.17) is 9.84 Å². The van der Waals surface area contributed by atoms with Gasteiger partial charge in [0.2, 0.25) is 0 Å². The van der Waals surface area contributed by atoms with Gasteiger partial charge in [-0.1, -0.05) is 6.92 Å². The number of thiazole rings is 1. The lowest BCUT2D eigenvalue weighted by Crippen LogP contribution is -2.43. The quantitative estimate of drug-likeness (QED) is 0.805. The van der Waals surface area contributed by atoms with Crippen molar-refractivity contribution in [3.63, 3.8) is 0 Å². The molecule has 1 fully saturated rings. The van der Waals surface area contributed by atoms with Gasteiger partial charge in [0.1, 0.15) is 22.0 Å². The molecule has 6 nitrogen and oxygen atoms in total. The number of nitrogens with zero attached hydrogens (tertiary/aromatic N) is 1. The van der Waals surface area contributed by atoms with E-state index in [2.05, 4.69) is 10.3 Å². The van der Waals surface area contributed by atoms with Crippen molar-refractivity contribution in [1.82, 2.24) is 10.3 Å². The zero-order valence-corrected chi connectivity index (χ0v) is 14.1. The van der Waals surface area contributed by atoms with E-state index < -0.39 is 17.4 Å². The van der Waals surface area contributed by atoms with Crippen LogP contribution in [-0.4, -0.2) is 34.1 Å². The molecule has 0 spiro atoms. The molecule has 1 aromatic carbocycles. The zero-order valence-electron chi connectivity index (χ0n) is 13.2. The van der Waals surface area contributed by atoms with Gasteiger partial charge in [0, 0.05) is 10.9 Å². The third-order valence-electron chi connectivity index (χ3n) is 3.82. The number of hydrogen-bond acceptors (Lipinski definition) is 5. The lowest BCUT2D eigenvalue weighted by atomic mass is 10.2. The van der Waals surface area contributed by atoms with Crippen molar-refractivity contribution in [1.29, 1.82) is 0 Å². The molecule has 0 radical (unpaired) electrons. The summed E-state index contributed by atoms with van der Waals surface area (Å²) >= 11 is 1.35. The molecule has 0 unspecified atom stereocenters. The van der Waals surface area contributed by atoms with Gasteiger partial charge in [-0.2, -0.15) is 0 Å². The van der Waals surface area contributed by atoms with Crippen molar-refractivity contribution in [2.24, 2.45) is 0 Å². The number of aromatic nitrogens is 1. The minimum atomic E-state index is -1.10. The van der Waals surface area contributed by atoms with Gasteiger partial charge in [-0.25, -0.2) is 9.78 Å². The van der Waals surface area contributed by atoms with Gasteiger partial charge in [0.25, 0.3) is 5.91 Å². The molecule has 1 aliphatic carbocycles. The number of amides is 1. The smallest absolute Gasteiger partial charge is 0.329 e. The number of nitrogens with one attached hydrogen (secondary N) is 1. The molecule has 24 heavy (non-hydrogen) atoms. The van der Waals surface area contributed by atoms with Crippen LogP contribution in [-0.2, 0) is 4.79 Å². The van der Waals surface area contributed by atoms with Gasteiger partial charge < -0.3 is 15.2 Å². The Hall–Kier alpha value is -2.41. The summed E-state index contributed by atoms with van der Waals surface area (Å²) in [6, 6.07) is 7.53. The van der Waals surface area contributed by atoms with Gasteiger partial charge in [-0.05, 0) is 43.5 Å². The SMILES string of the molecule is CCCOc1ccc(-c2nc(C(=O)NC3(C(=O)O)CC3)cs2)cc1. The largest absolute Gasteiger partial charge is 0.494 e. The van der Waals surface area contributed by atoms with E-state index >= 15 is 0 Å². The molecule has 1 aliphatic rings. The third kappa shape index (κ3) is 3.41. The van der Waals surface area contributed by atoms with Crippen LogP contribution in [0.3, 0.4) is 0 Å². The number of carbonyl (C=O) groups excluding carboxylic acids is 1. The number of carboxylic acid groups (broad SMARTS) is 1. The first-order valence-corrected chi connectivity index (χ1v) is 8.67. The summed E-state index contributed by atoms with van der Waals surface area (Å²) in [6.07, 6.45) is 1.87. The number of benzene rings is 1. The lowest BCUT2D eigenvalue weighted by Gasteiger charge is -2.10. The van der Waals surface area contributed by atoms with E-state index in [0.717, 1.165) is 17.7 Å². The van der Waals surface area contributed by atoms with Crippen LogP contribution >= 0.6 is 11.3 Å². The van der Waals surface area contributed by atoms with E-state index in [9.17, 15) is 9.59 Å². The third-order valence-corrected chi connectivity index (χ3v) is 4.71. The van der Waals surface area contributed by atoms with Gasteiger partial charge in [-0.15, -0.1) is 11.3 Å². The molecule has 1 amide bonds. The molecule has 0 atom stereocenters. The lowest BCUT2D eigenvalue weighted by molar-refractivity contribution is -0.140. The second-order valence-corrected chi connectivity index (χ2v) is 6.61. The van der Waals surface area contributed by atoms with E-state index in [0.29, 0.717) is 24.5 Å². The van der Waals surface area contributed by atoms with Crippen molar-refractivity contribution in [3.8, 4) is 16.3 Å². The maximum Gasteiger partial charge on any atom is 0.329 e. The Morgan fingerprint density at radius 2 is 2.04 bits per heavy atom. The molecule has 0 bridgehead atoms. The predicted molar refractivity (Wildman–Crippen MR) is 90.4 cm³/mol. The highest BCUT2D eigenvalue weighted by Gasteiger charge is 2.51. The minimum Gasteiger partial charge on any atom is -0.494 e. The molecule has 0 aliphatic heterocycles. The van der Waals surface area contributed by atoms with E-state index in [-0.39, 0.29) is 5.69 Å². The van der Waals surface area contributed by atoms with Crippen LogP contribution in [0.25, 0.3) is 10.6 Å². The summed E-state index contributed by atoms with van der Waals surface area (Å²) in [6.45, 7) is 2.72. The maximum absolute atomic E-state index is 12.2. The van der Waals surface area contributed by atoms with Gasteiger partial charge in [0.05, 0.1) is 6.61 Å².